The molecule has 1 aliphatic heterocycles. The van der Waals surface area contributed by atoms with Crippen molar-refractivity contribution in [2.45, 2.75) is 25.4 Å². The highest BCUT2D eigenvalue weighted by molar-refractivity contribution is 9.09. The van der Waals surface area contributed by atoms with E-state index in [1.54, 1.807) is 0 Å². The van der Waals surface area contributed by atoms with Crippen LogP contribution < -0.4 is 0 Å². The number of cyclic esters (lactones) is 1. The van der Waals surface area contributed by atoms with Gasteiger partial charge in [-0.3, -0.25) is 4.79 Å². The first-order chi connectivity index (χ1) is 8.95. The van der Waals surface area contributed by atoms with Crippen LogP contribution in [0, 0.1) is 0 Å². The van der Waals surface area contributed by atoms with Gasteiger partial charge in [0.2, 0.25) is 5.78 Å². The van der Waals surface area contributed by atoms with Crippen LogP contribution in [-0.2, 0) is 4.74 Å². The van der Waals surface area contributed by atoms with Crippen molar-refractivity contribution in [3.05, 3.63) is 33.3 Å². The van der Waals surface area contributed by atoms with Gasteiger partial charge in [-0.1, -0.05) is 52.5 Å². The second kappa shape index (κ2) is 5.43. The van der Waals surface area contributed by atoms with Gasteiger partial charge in [0, 0.05) is 5.56 Å². The number of ether oxygens (including phenoxy) is 1. The van der Waals surface area contributed by atoms with E-state index in [1.807, 2.05) is 6.92 Å². The van der Waals surface area contributed by atoms with Gasteiger partial charge in [-0.2, -0.15) is 0 Å². The van der Waals surface area contributed by atoms with Crippen molar-refractivity contribution in [3.63, 3.8) is 0 Å². The van der Waals surface area contributed by atoms with Crippen LogP contribution in [0.3, 0.4) is 0 Å². The number of hydrogen-bond acceptors (Lipinski definition) is 3. The van der Waals surface area contributed by atoms with Crippen molar-refractivity contribution in [2.75, 3.05) is 5.33 Å². The largest absolute Gasteiger partial charge is 0.446 e. The normalized spacial score (nSPS) is 22.1. The molecule has 0 N–H and O–H groups in total. The summed E-state index contributed by atoms with van der Waals surface area (Å²) in [6.07, 6.45) is 1.18. The van der Waals surface area contributed by atoms with E-state index in [4.69, 9.17) is 27.9 Å². The third-order valence-corrected chi connectivity index (χ3v) is 4.72. The molecule has 0 aromatic heterocycles. The molecule has 1 heterocycles. The number of halogens is 3. The van der Waals surface area contributed by atoms with Crippen molar-refractivity contribution in [1.29, 1.82) is 0 Å². The number of alkyl halides is 1. The molecule has 0 fully saturated rings. The van der Waals surface area contributed by atoms with Gasteiger partial charge in [0.05, 0.1) is 20.9 Å². The minimum Gasteiger partial charge on any atom is -0.446 e. The Morgan fingerprint density at radius 3 is 2.32 bits per heavy atom. The Bertz CT molecular complexity index is 559. The summed E-state index contributed by atoms with van der Waals surface area (Å²) in [4.78, 5) is 24.6. The molecule has 1 atom stereocenters. The molecule has 102 valence electrons. The lowest BCUT2D eigenvalue weighted by atomic mass is 9.85. The summed E-state index contributed by atoms with van der Waals surface area (Å²) in [6, 6.07) is 2.82. The van der Waals surface area contributed by atoms with Crippen molar-refractivity contribution >= 4 is 50.9 Å². The molecule has 1 aromatic carbocycles. The molecule has 0 radical (unpaired) electrons. The number of carbonyl (C=O) groups is 2. The minimum atomic E-state index is -1.14. The van der Waals surface area contributed by atoms with E-state index < -0.39 is 11.6 Å². The summed E-state index contributed by atoms with van der Waals surface area (Å²) in [5, 5.41) is 0.744. The molecule has 0 saturated carbocycles. The van der Waals surface area contributed by atoms with Gasteiger partial charge >= 0.3 is 5.97 Å². The predicted molar refractivity (Wildman–Crippen MR) is 77.6 cm³/mol. The maximum absolute atomic E-state index is 12.6. The molecule has 0 amide bonds. The lowest BCUT2D eigenvalue weighted by molar-refractivity contribution is -0.00788. The number of Topliss-reactive ketones (excluding diaryl/α,β-unsaturated/α-hetero) is 1. The summed E-state index contributed by atoms with van der Waals surface area (Å²) in [5.41, 5.74) is -0.693. The molecule has 1 aliphatic rings. The Morgan fingerprint density at radius 2 is 1.79 bits per heavy atom. The van der Waals surface area contributed by atoms with Gasteiger partial charge in [0.15, 0.2) is 5.60 Å². The maximum atomic E-state index is 12.6. The van der Waals surface area contributed by atoms with Crippen LogP contribution in [-0.4, -0.2) is 22.7 Å². The number of fused-ring (bicyclic) bond motifs is 1. The van der Waals surface area contributed by atoms with Crippen molar-refractivity contribution in [3.8, 4) is 0 Å². The van der Waals surface area contributed by atoms with E-state index in [1.165, 1.54) is 12.1 Å². The molecular formula is C13H11BrCl2O3. The zero-order chi connectivity index (χ0) is 14.2. The second-order valence-electron chi connectivity index (χ2n) is 4.41. The number of hydrogen-bond donors (Lipinski definition) is 0. The lowest BCUT2D eigenvalue weighted by Gasteiger charge is -2.34. The van der Waals surface area contributed by atoms with Gasteiger partial charge < -0.3 is 4.74 Å². The average Bonchev–Trinajstić information content (AvgIpc) is 2.38. The highest BCUT2D eigenvalue weighted by Crippen LogP contribution is 2.36. The highest BCUT2D eigenvalue weighted by atomic mass is 79.9. The number of esters is 1. The molecule has 0 saturated heterocycles. The molecule has 1 aromatic rings. The number of benzene rings is 1. The molecular weight excluding hydrogens is 355 g/mol. The number of rotatable bonds is 3. The Hall–Kier alpha value is -0.580. The van der Waals surface area contributed by atoms with Crippen LogP contribution in [0.5, 0.6) is 0 Å². The van der Waals surface area contributed by atoms with Gasteiger partial charge in [0.1, 0.15) is 0 Å². The maximum Gasteiger partial charge on any atom is 0.339 e. The Kier molecular flexibility index (Phi) is 4.23. The van der Waals surface area contributed by atoms with Gasteiger partial charge in [-0.05, 0) is 18.6 Å². The Morgan fingerprint density at radius 1 is 1.21 bits per heavy atom. The molecule has 0 spiro atoms. The van der Waals surface area contributed by atoms with E-state index in [0.29, 0.717) is 6.42 Å². The van der Waals surface area contributed by atoms with Crippen LogP contribution in [0.1, 0.15) is 40.5 Å². The van der Waals surface area contributed by atoms with Gasteiger partial charge in [-0.15, -0.1) is 0 Å². The quantitative estimate of drug-likeness (QED) is 0.593. The SMILES string of the molecule is CCCC1(CBr)OC(=O)c2cc(Cl)c(Cl)cc2C1=O. The summed E-state index contributed by atoms with van der Waals surface area (Å²) in [5.74, 6) is -0.777. The van der Waals surface area contributed by atoms with E-state index in [2.05, 4.69) is 15.9 Å². The summed E-state index contributed by atoms with van der Waals surface area (Å²) in [6.45, 7) is 1.93. The highest BCUT2D eigenvalue weighted by Gasteiger charge is 2.46. The second-order valence-corrected chi connectivity index (χ2v) is 5.78. The predicted octanol–water partition coefficient (Wildman–Crippen LogP) is 4.28. The van der Waals surface area contributed by atoms with E-state index in [9.17, 15) is 9.59 Å². The first-order valence-corrected chi connectivity index (χ1v) is 7.66. The third kappa shape index (κ3) is 2.41. The molecule has 0 aliphatic carbocycles. The summed E-state index contributed by atoms with van der Waals surface area (Å²) < 4.78 is 5.36. The van der Waals surface area contributed by atoms with Crippen molar-refractivity contribution < 1.29 is 14.3 Å². The summed E-state index contributed by atoms with van der Waals surface area (Å²) in [7, 11) is 0. The molecule has 0 bridgehead atoms. The molecule has 1 unspecified atom stereocenters. The number of ketones is 1. The molecule has 19 heavy (non-hydrogen) atoms. The number of carbonyl (C=O) groups excluding carboxylic acids is 2. The zero-order valence-corrected chi connectivity index (χ0v) is 13.2. The zero-order valence-electron chi connectivity index (χ0n) is 10.1. The van der Waals surface area contributed by atoms with E-state index in [0.717, 1.165) is 6.42 Å². The molecule has 3 nitrogen and oxygen atoms in total. The monoisotopic (exact) mass is 364 g/mol. The molecule has 6 heteroatoms. The smallest absolute Gasteiger partial charge is 0.339 e. The van der Waals surface area contributed by atoms with Crippen LogP contribution in [0.2, 0.25) is 10.0 Å². The van der Waals surface area contributed by atoms with Crippen LogP contribution in [0.15, 0.2) is 12.1 Å². The van der Waals surface area contributed by atoms with E-state index in [-0.39, 0.29) is 32.3 Å². The van der Waals surface area contributed by atoms with Gasteiger partial charge in [0.25, 0.3) is 0 Å². The van der Waals surface area contributed by atoms with Gasteiger partial charge in [-0.25, -0.2) is 4.79 Å². The Labute approximate surface area is 129 Å². The third-order valence-electron chi connectivity index (χ3n) is 3.10. The average molecular weight is 366 g/mol. The van der Waals surface area contributed by atoms with Crippen molar-refractivity contribution in [1.82, 2.24) is 0 Å². The van der Waals surface area contributed by atoms with Crippen LogP contribution in [0.25, 0.3) is 0 Å². The van der Waals surface area contributed by atoms with Crippen LogP contribution in [0.4, 0.5) is 0 Å². The lowest BCUT2D eigenvalue weighted by Crippen LogP contribution is -2.49. The first kappa shape index (κ1) is 14.8. The van der Waals surface area contributed by atoms with Crippen LogP contribution >= 0.6 is 39.1 Å². The minimum absolute atomic E-state index is 0.173. The van der Waals surface area contributed by atoms with Crippen molar-refractivity contribution in [2.24, 2.45) is 0 Å². The fraction of sp³-hybridized carbons (Fsp3) is 0.385. The fourth-order valence-corrected chi connectivity index (χ4v) is 3.13. The topological polar surface area (TPSA) is 43.4 Å². The molecule has 2 rings (SSSR count). The first-order valence-electron chi connectivity index (χ1n) is 5.78. The van der Waals surface area contributed by atoms with E-state index >= 15 is 0 Å². The fourth-order valence-electron chi connectivity index (χ4n) is 2.15. The standard InChI is InChI=1S/C13H11BrCl2O3/c1-2-3-13(6-14)11(17)7-4-9(15)10(16)5-8(7)12(18)19-13/h4-5H,2-3,6H2,1H3. The summed E-state index contributed by atoms with van der Waals surface area (Å²) >= 11 is 15.1. The Balaban J connectivity index is 2.59.